The molecular weight excluding hydrogens is 140 g/mol. The Morgan fingerprint density at radius 2 is 2.09 bits per heavy atom. The van der Waals surface area contributed by atoms with Crippen LogP contribution in [0.15, 0.2) is 0 Å². The van der Waals surface area contributed by atoms with Crippen LogP contribution < -0.4 is 10.6 Å². The van der Waals surface area contributed by atoms with Gasteiger partial charge >= 0.3 is 0 Å². The molecule has 0 aromatic heterocycles. The van der Waals surface area contributed by atoms with E-state index in [1.165, 1.54) is 12.8 Å². The molecule has 2 N–H and O–H groups in total. The second-order valence-electron chi connectivity index (χ2n) is 3.53. The highest BCUT2D eigenvalue weighted by molar-refractivity contribution is 5.00. The van der Waals surface area contributed by atoms with Gasteiger partial charge in [-0.1, -0.05) is 0 Å². The van der Waals surface area contributed by atoms with Gasteiger partial charge < -0.3 is 15.4 Å². The van der Waals surface area contributed by atoms with Crippen molar-refractivity contribution in [1.29, 1.82) is 0 Å². The summed E-state index contributed by atoms with van der Waals surface area (Å²) in [5.41, 5.74) is 0.434. The molecule has 0 unspecified atom stereocenters. The van der Waals surface area contributed by atoms with Gasteiger partial charge in [0.2, 0.25) is 0 Å². The largest absolute Gasteiger partial charge is 0.380 e. The third-order valence-corrected chi connectivity index (χ3v) is 2.62. The van der Waals surface area contributed by atoms with E-state index in [1.807, 2.05) is 0 Å². The molecule has 11 heavy (non-hydrogen) atoms. The number of ether oxygens (including phenoxy) is 1. The summed E-state index contributed by atoms with van der Waals surface area (Å²) >= 11 is 0. The van der Waals surface area contributed by atoms with Gasteiger partial charge in [-0.3, -0.25) is 0 Å². The summed E-state index contributed by atoms with van der Waals surface area (Å²) in [5.74, 6) is 0. The Morgan fingerprint density at radius 3 is 2.82 bits per heavy atom. The Labute approximate surface area is 67.5 Å². The third-order valence-electron chi connectivity index (χ3n) is 2.62. The summed E-state index contributed by atoms with van der Waals surface area (Å²) in [4.78, 5) is 0. The van der Waals surface area contributed by atoms with Crippen molar-refractivity contribution in [3.63, 3.8) is 0 Å². The van der Waals surface area contributed by atoms with Crippen LogP contribution in [0.1, 0.15) is 12.8 Å². The number of hydrogen-bond acceptors (Lipinski definition) is 3. The van der Waals surface area contributed by atoms with E-state index in [1.54, 1.807) is 0 Å². The van der Waals surface area contributed by atoms with Gasteiger partial charge in [-0.25, -0.2) is 0 Å². The number of rotatable bonds is 0. The van der Waals surface area contributed by atoms with E-state index in [0.29, 0.717) is 5.54 Å². The fraction of sp³-hybridized carbons (Fsp3) is 1.00. The maximum atomic E-state index is 5.35. The van der Waals surface area contributed by atoms with Crippen molar-refractivity contribution < 1.29 is 4.74 Å². The van der Waals surface area contributed by atoms with Crippen molar-refractivity contribution in [3.05, 3.63) is 0 Å². The third kappa shape index (κ3) is 1.55. The minimum absolute atomic E-state index is 0.434. The number of hydrogen-bond donors (Lipinski definition) is 2. The van der Waals surface area contributed by atoms with E-state index in [-0.39, 0.29) is 0 Å². The molecule has 3 nitrogen and oxygen atoms in total. The first-order chi connectivity index (χ1) is 5.41. The van der Waals surface area contributed by atoms with Gasteiger partial charge in [-0.05, 0) is 12.8 Å². The lowest BCUT2D eigenvalue weighted by Gasteiger charge is -2.44. The van der Waals surface area contributed by atoms with Crippen LogP contribution in [0.2, 0.25) is 0 Å². The van der Waals surface area contributed by atoms with Gasteiger partial charge in [0.15, 0.2) is 0 Å². The van der Waals surface area contributed by atoms with Crippen molar-refractivity contribution in [2.75, 3.05) is 32.8 Å². The van der Waals surface area contributed by atoms with Gasteiger partial charge in [-0.15, -0.1) is 0 Å². The zero-order chi connectivity index (χ0) is 7.57. The monoisotopic (exact) mass is 156 g/mol. The van der Waals surface area contributed by atoms with Crippen LogP contribution in [0, 0.1) is 0 Å². The number of nitrogens with one attached hydrogen (secondary N) is 2. The predicted molar refractivity (Wildman–Crippen MR) is 43.7 cm³/mol. The van der Waals surface area contributed by atoms with Crippen LogP contribution in [-0.2, 0) is 4.74 Å². The topological polar surface area (TPSA) is 33.3 Å². The first-order valence-corrected chi connectivity index (χ1v) is 4.45. The van der Waals surface area contributed by atoms with Gasteiger partial charge in [0.05, 0.1) is 6.61 Å². The summed E-state index contributed by atoms with van der Waals surface area (Å²) in [6.45, 7) is 5.13. The first kappa shape index (κ1) is 7.53. The average molecular weight is 156 g/mol. The van der Waals surface area contributed by atoms with Crippen LogP contribution in [0.4, 0.5) is 0 Å². The van der Waals surface area contributed by atoms with Crippen LogP contribution in [0.25, 0.3) is 0 Å². The summed E-state index contributed by atoms with van der Waals surface area (Å²) in [6, 6.07) is 0. The van der Waals surface area contributed by atoms with E-state index < -0.39 is 0 Å². The van der Waals surface area contributed by atoms with Crippen molar-refractivity contribution in [2.45, 2.75) is 18.4 Å². The predicted octanol–water partition coefficient (Wildman–Crippen LogP) is -0.272. The Balaban J connectivity index is 1.86. The second-order valence-corrected chi connectivity index (χ2v) is 3.53. The normalized spacial score (nSPS) is 30.5. The lowest BCUT2D eigenvalue weighted by Crippen LogP contribution is -2.68. The highest BCUT2D eigenvalue weighted by Crippen LogP contribution is 2.18. The van der Waals surface area contributed by atoms with Gasteiger partial charge in [0, 0.05) is 31.8 Å². The van der Waals surface area contributed by atoms with Crippen LogP contribution in [0.5, 0.6) is 0 Å². The van der Waals surface area contributed by atoms with Crippen LogP contribution in [0.3, 0.4) is 0 Å². The van der Waals surface area contributed by atoms with Crippen molar-refractivity contribution in [2.24, 2.45) is 0 Å². The summed E-state index contributed by atoms with van der Waals surface area (Å²) < 4.78 is 5.35. The minimum Gasteiger partial charge on any atom is -0.380 e. The zero-order valence-electron chi connectivity index (χ0n) is 6.86. The highest BCUT2D eigenvalue weighted by Gasteiger charge is 2.35. The van der Waals surface area contributed by atoms with E-state index in [4.69, 9.17) is 4.74 Å². The molecule has 0 radical (unpaired) electrons. The molecule has 0 aromatic carbocycles. The standard InChI is InChI=1S/C8H16N2O/c1-2-8(6-9-7-8)10-3-5-11-4-1/h9-10H,1-7H2. The van der Waals surface area contributed by atoms with E-state index in [2.05, 4.69) is 10.6 Å². The zero-order valence-corrected chi connectivity index (χ0v) is 6.86. The maximum Gasteiger partial charge on any atom is 0.0591 e. The molecule has 2 rings (SSSR count). The average Bonchev–Trinajstić information content (AvgIpc) is 1.82. The molecule has 0 atom stereocenters. The molecule has 2 fully saturated rings. The molecule has 3 heteroatoms. The van der Waals surface area contributed by atoms with E-state index in [9.17, 15) is 0 Å². The first-order valence-electron chi connectivity index (χ1n) is 4.45. The Morgan fingerprint density at radius 1 is 1.18 bits per heavy atom. The van der Waals surface area contributed by atoms with E-state index in [0.717, 1.165) is 32.8 Å². The molecule has 0 saturated carbocycles. The fourth-order valence-electron chi connectivity index (χ4n) is 1.82. The molecule has 2 saturated heterocycles. The summed E-state index contributed by atoms with van der Waals surface area (Å²) in [7, 11) is 0. The van der Waals surface area contributed by atoms with Gasteiger partial charge in [0.25, 0.3) is 0 Å². The second kappa shape index (κ2) is 3.09. The summed E-state index contributed by atoms with van der Waals surface area (Å²) in [5, 5.41) is 6.86. The van der Waals surface area contributed by atoms with Crippen LogP contribution in [-0.4, -0.2) is 38.4 Å². The Kier molecular flexibility index (Phi) is 2.11. The van der Waals surface area contributed by atoms with E-state index >= 15 is 0 Å². The smallest absolute Gasteiger partial charge is 0.0591 e. The Hall–Kier alpha value is -0.120. The fourth-order valence-corrected chi connectivity index (χ4v) is 1.82. The molecule has 2 aliphatic heterocycles. The molecule has 2 heterocycles. The lowest BCUT2D eigenvalue weighted by molar-refractivity contribution is 0.0783. The SMILES string of the molecule is C1COCCNC2(C1)CNC2. The maximum absolute atomic E-state index is 5.35. The van der Waals surface area contributed by atoms with Crippen molar-refractivity contribution in [1.82, 2.24) is 10.6 Å². The highest BCUT2D eigenvalue weighted by atomic mass is 16.5. The van der Waals surface area contributed by atoms with Gasteiger partial charge in [-0.2, -0.15) is 0 Å². The molecule has 0 bridgehead atoms. The molecule has 1 spiro atoms. The summed E-state index contributed by atoms with van der Waals surface area (Å²) in [6.07, 6.45) is 2.47. The molecule has 64 valence electrons. The molecule has 0 amide bonds. The molecule has 0 aromatic rings. The molecular formula is C8H16N2O. The Bertz CT molecular complexity index is 124. The van der Waals surface area contributed by atoms with Crippen molar-refractivity contribution in [3.8, 4) is 0 Å². The lowest BCUT2D eigenvalue weighted by atomic mass is 9.87. The van der Waals surface area contributed by atoms with Gasteiger partial charge in [0.1, 0.15) is 0 Å². The van der Waals surface area contributed by atoms with Crippen LogP contribution >= 0.6 is 0 Å². The minimum atomic E-state index is 0.434. The molecule has 0 aliphatic carbocycles. The van der Waals surface area contributed by atoms with Crippen molar-refractivity contribution >= 4 is 0 Å². The quantitative estimate of drug-likeness (QED) is 0.506. The molecule has 2 aliphatic rings.